The molecule has 0 N–H and O–H groups in total. The molecule has 5 nitrogen and oxygen atoms in total. The third kappa shape index (κ3) is 2.82. The van der Waals surface area contributed by atoms with E-state index in [-0.39, 0.29) is 30.8 Å². The van der Waals surface area contributed by atoms with Crippen LogP contribution in [0.3, 0.4) is 0 Å². The average Bonchev–Trinajstić information content (AvgIpc) is 2.41. The van der Waals surface area contributed by atoms with E-state index < -0.39 is 11.9 Å². The highest BCUT2D eigenvalue weighted by molar-refractivity contribution is 6.09. The molecular weight excluding hydrogens is 258 g/mol. The maximum Gasteiger partial charge on any atom is 0.260 e. The number of rotatable bonds is 3. The van der Waals surface area contributed by atoms with Crippen molar-refractivity contribution in [2.75, 3.05) is 0 Å². The fraction of sp³-hybridized carbons (Fsp3) is 0.333. The molecule has 1 aromatic rings. The van der Waals surface area contributed by atoms with Crippen LogP contribution in [-0.4, -0.2) is 34.8 Å². The lowest BCUT2D eigenvalue weighted by Gasteiger charge is -2.28. The summed E-state index contributed by atoms with van der Waals surface area (Å²) in [5.74, 6) is -1.01. The van der Waals surface area contributed by atoms with Gasteiger partial charge < -0.3 is 0 Å². The van der Waals surface area contributed by atoms with Gasteiger partial charge in [-0.05, 0) is 25.5 Å². The lowest BCUT2D eigenvalue weighted by atomic mass is 9.91. The molecule has 1 aromatic carbocycles. The van der Waals surface area contributed by atoms with Crippen molar-refractivity contribution < 1.29 is 19.2 Å². The van der Waals surface area contributed by atoms with Gasteiger partial charge in [0.25, 0.3) is 5.91 Å². The van der Waals surface area contributed by atoms with E-state index in [1.807, 2.05) is 13.0 Å². The summed E-state index contributed by atoms with van der Waals surface area (Å²) in [6.07, 6.45) is 0.620. The van der Waals surface area contributed by atoms with Gasteiger partial charge in [0.15, 0.2) is 5.78 Å². The van der Waals surface area contributed by atoms with E-state index >= 15 is 0 Å². The summed E-state index contributed by atoms with van der Waals surface area (Å²) in [5, 5.41) is 0. The Morgan fingerprint density at radius 2 is 2.10 bits per heavy atom. The predicted molar refractivity (Wildman–Crippen MR) is 71.1 cm³/mol. The minimum absolute atomic E-state index is 0.139. The number of carbonyl (C=O) groups excluding carboxylic acids is 4. The highest BCUT2D eigenvalue weighted by Gasteiger charge is 2.34. The van der Waals surface area contributed by atoms with Crippen LogP contribution in [0, 0.1) is 6.92 Å². The van der Waals surface area contributed by atoms with Crippen molar-refractivity contribution in [2.24, 2.45) is 0 Å². The van der Waals surface area contributed by atoms with Crippen LogP contribution < -0.4 is 0 Å². The number of amides is 2. The van der Waals surface area contributed by atoms with Gasteiger partial charge in [-0.3, -0.25) is 24.1 Å². The highest BCUT2D eigenvalue weighted by atomic mass is 16.2. The number of aryl methyl sites for hydroxylation is 1. The van der Waals surface area contributed by atoms with Crippen molar-refractivity contribution in [2.45, 2.75) is 32.2 Å². The second-order valence-corrected chi connectivity index (χ2v) is 4.92. The monoisotopic (exact) mass is 273 g/mol. The molecule has 2 amide bonds. The zero-order chi connectivity index (χ0) is 14.7. The molecular formula is C15H15NO4. The molecule has 0 bridgehead atoms. The van der Waals surface area contributed by atoms with E-state index in [1.165, 1.54) is 0 Å². The van der Waals surface area contributed by atoms with Crippen molar-refractivity contribution in [3.05, 3.63) is 35.4 Å². The van der Waals surface area contributed by atoms with Gasteiger partial charge in [0, 0.05) is 12.0 Å². The van der Waals surface area contributed by atoms with Crippen molar-refractivity contribution >= 4 is 23.9 Å². The highest BCUT2D eigenvalue weighted by Crippen LogP contribution is 2.19. The van der Waals surface area contributed by atoms with Crippen LogP contribution in [0.1, 0.15) is 35.2 Å². The summed E-state index contributed by atoms with van der Waals surface area (Å²) in [6, 6.07) is 6.00. The first-order valence-electron chi connectivity index (χ1n) is 6.42. The van der Waals surface area contributed by atoms with Crippen LogP contribution in [0.2, 0.25) is 0 Å². The van der Waals surface area contributed by atoms with E-state index in [0.29, 0.717) is 12.0 Å². The SMILES string of the molecule is Cc1cccc(C(=O)N(C=O)C2CCC(=O)CC2=O)c1. The molecule has 0 saturated heterocycles. The van der Waals surface area contributed by atoms with Crippen molar-refractivity contribution in [3.8, 4) is 0 Å². The topological polar surface area (TPSA) is 71.5 Å². The number of ketones is 2. The maximum absolute atomic E-state index is 12.3. The number of Topliss-reactive ketones (excluding diaryl/α,β-unsaturated/α-hetero) is 2. The third-order valence-electron chi connectivity index (χ3n) is 3.39. The summed E-state index contributed by atoms with van der Waals surface area (Å²) < 4.78 is 0. The van der Waals surface area contributed by atoms with Crippen LogP contribution in [0.4, 0.5) is 0 Å². The quantitative estimate of drug-likeness (QED) is 0.614. The summed E-state index contributed by atoms with van der Waals surface area (Å²) >= 11 is 0. The van der Waals surface area contributed by atoms with Gasteiger partial charge in [-0.2, -0.15) is 0 Å². The van der Waals surface area contributed by atoms with Crippen LogP contribution in [0.5, 0.6) is 0 Å². The summed E-state index contributed by atoms with van der Waals surface area (Å²) in [6.45, 7) is 1.84. The molecule has 1 fully saturated rings. The second kappa shape index (κ2) is 5.77. The third-order valence-corrected chi connectivity index (χ3v) is 3.39. The summed E-state index contributed by atoms with van der Waals surface area (Å²) in [7, 11) is 0. The molecule has 0 heterocycles. The smallest absolute Gasteiger partial charge is 0.260 e. The first kappa shape index (κ1) is 14.1. The number of hydrogen-bond acceptors (Lipinski definition) is 4. The standard InChI is InChI=1S/C15H15NO4/c1-10-3-2-4-11(7-10)15(20)16(9-17)13-6-5-12(18)8-14(13)19/h2-4,7,9,13H,5-6,8H2,1H3. The number of nitrogens with zero attached hydrogens (tertiary/aromatic N) is 1. The molecule has 1 unspecified atom stereocenters. The minimum Gasteiger partial charge on any atom is -0.299 e. The molecule has 1 saturated carbocycles. The molecule has 0 aliphatic heterocycles. The molecule has 2 rings (SSSR count). The maximum atomic E-state index is 12.3. The predicted octanol–water partition coefficient (Wildman–Crippen LogP) is 1.28. The Morgan fingerprint density at radius 1 is 1.35 bits per heavy atom. The largest absolute Gasteiger partial charge is 0.299 e. The van der Waals surface area contributed by atoms with E-state index in [2.05, 4.69) is 0 Å². The lowest BCUT2D eigenvalue weighted by Crippen LogP contribution is -2.47. The van der Waals surface area contributed by atoms with Crippen molar-refractivity contribution in [1.29, 1.82) is 0 Å². The van der Waals surface area contributed by atoms with Gasteiger partial charge in [-0.15, -0.1) is 0 Å². The molecule has 1 atom stereocenters. The summed E-state index contributed by atoms with van der Waals surface area (Å²) in [4.78, 5) is 47.5. The number of imide groups is 1. The number of hydrogen-bond donors (Lipinski definition) is 0. The fourth-order valence-electron chi connectivity index (χ4n) is 2.34. The molecule has 1 aliphatic carbocycles. The van der Waals surface area contributed by atoms with E-state index in [4.69, 9.17) is 0 Å². The average molecular weight is 273 g/mol. The molecule has 20 heavy (non-hydrogen) atoms. The van der Waals surface area contributed by atoms with E-state index in [9.17, 15) is 19.2 Å². The molecule has 0 spiro atoms. The molecule has 5 heteroatoms. The molecule has 0 aromatic heterocycles. The van der Waals surface area contributed by atoms with Gasteiger partial charge in [0.2, 0.25) is 6.41 Å². The van der Waals surface area contributed by atoms with Crippen LogP contribution in [0.25, 0.3) is 0 Å². The van der Waals surface area contributed by atoms with Gasteiger partial charge in [0.05, 0.1) is 12.5 Å². The number of carbonyl (C=O) groups is 4. The Kier molecular flexibility index (Phi) is 4.08. The minimum atomic E-state index is -0.821. The Hall–Kier alpha value is -2.30. The first-order chi connectivity index (χ1) is 9.52. The molecule has 1 aliphatic rings. The molecule has 0 radical (unpaired) electrons. The van der Waals surface area contributed by atoms with Crippen LogP contribution in [-0.2, 0) is 14.4 Å². The van der Waals surface area contributed by atoms with E-state index in [1.54, 1.807) is 18.2 Å². The van der Waals surface area contributed by atoms with Crippen molar-refractivity contribution in [3.63, 3.8) is 0 Å². The summed E-state index contributed by atoms with van der Waals surface area (Å²) in [5.41, 5.74) is 1.26. The Bertz CT molecular complexity index is 579. The van der Waals surface area contributed by atoms with Gasteiger partial charge in [-0.25, -0.2) is 0 Å². The fourth-order valence-corrected chi connectivity index (χ4v) is 2.34. The zero-order valence-corrected chi connectivity index (χ0v) is 11.2. The van der Waals surface area contributed by atoms with Gasteiger partial charge >= 0.3 is 0 Å². The van der Waals surface area contributed by atoms with E-state index in [0.717, 1.165) is 10.5 Å². The van der Waals surface area contributed by atoms with Crippen LogP contribution >= 0.6 is 0 Å². The second-order valence-electron chi connectivity index (χ2n) is 4.92. The van der Waals surface area contributed by atoms with Crippen LogP contribution in [0.15, 0.2) is 24.3 Å². The lowest BCUT2D eigenvalue weighted by molar-refractivity contribution is -0.136. The Balaban J connectivity index is 2.24. The van der Waals surface area contributed by atoms with Gasteiger partial charge in [0.1, 0.15) is 5.78 Å². The Morgan fingerprint density at radius 3 is 2.70 bits per heavy atom. The molecule has 104 valence electrons. The van der Waals surface area contributed by atoms with Crippen molar-refractivity contribution in [1.82, 2.24) is 4.90 Å². The first-order valence-corrected chi connectivity index (χ1v) is 6.42. The van der Waals surface area contributed by atoms with Gasteiger partial charge in [-0.1, -0.05) is 17.7 Å². The zero-order valence-electron chi connectivity index (χ0n) is 11.2. The Labute approximate surface area is 116 Å². The number of benzene rings is 1. The normalized spacial score (nSPS) is 18.8.